The van der Waals surface area contributed by atoms with Crippen molar-refractivity contribution in [1.82, 2.24) is 9.80 Å². The molecule has 1 saturated heterocycles. The summed E-state index contributed by atoms with van der Waals surface area (Å²) in [6.07, 6.45) is 0.688. The van der Waals surface area contributed by atoms with Crippen molar-refractivity contribution < 1.29 is 0 Å². The Morgan fingerprint density at radius 1 is 1.07 bits per heavy atom. The standard InChI is InChI=1S/C22H24ClN3S2/c1-25-12-14-26(15-13-25)21(27)28-16-11-22(17-24,18-5-3-2-4-6-18)19-7-9-20(23)10-8-19/h2-10H,11-16H2,1H3. The molecule has 146 valence electrons. The van der Waals surface area contributed by atoms with Crippen LogP contribution >= 0.6 is 35.6 Å². The first-order chi connectivity index (χ1) is 13.5. The van der Waals surface area contributed by atoms with E-state index in [1.54, 1.807) is 11.8 Å². The van der Waals surface area contributed by atoms with Crippen molar-refractivity contribution in [3.63, 3.8) is 0 Å². The van der Waals surface area contributed by atoms with Crippen LogP contribution in [0.2, 0.25) is 5.02 Å². The molecule has 0 saturated carbocycles. The van der Waals surface area contributed by atoms with Gasteiger partial charge < -0.3 is 9.80 Å². The third-order valence-corrected chi connectivity index (χ3v) is 7.04. The summed E-state index contributed by atoms with van der Waals surface area (Å²) >= 11 is 13.4. The summed E-state index contributed by atoms with van der Waals surface area (Å²) in [6, 6.07) is 20.2. The van der Waals surface area contributed by atoms with Crippen LogP contribution < -0.4 is 0 Å². The number of nitrogens with zero attached hydrogens (tertiary/aromatic N) is 3. The van der Waals surface area contributed by atoms with Crippen LogP contribution in [0, 0.1) is 11.3 Å². The molecule has 2 aromatic rings. The Morgan fingerprint density at radius 2 is 1.68 bits per heavy atom. The Balaban J connectivity index is 1.76. The average molecular weight is 430 g/mol. The van der Waals surface area contributed by atoms with Crippen LogP contribution in [0.5, 0.6) is 0 Å². The fraction of sp³-hybridized carbons (Fsp3) is 0.364. The van der Waals surface area contributed by atoms with Crippen LogP contribution in [0.4, 0.5) is 0 Å². The molecular formula is C22H24ClN3S2. The SMILES string of the molecule is CN1CCN(C(=S)SCCC(C#N)(c2ccccc2)c2ccc(Cl)cc2)CC1. The third-order valence-electron chi connectivity index (χ3n) is 5.26. The number of halogens is 1. The van der Waals surface area contributed by atoms with Crippen LogP contribution in [0.3, 0.4) is 0 Å². The second kappa shape index (κ2) is 9.76. The molecule has 2 aromatic carbocycles. The minimum Gasteiger partial charge on any atom is -0.355 e. The summed E-state index contributed by atoms with van der Waals surface area (Å²) in [6.45, 7) is 4.03. The zero-order valence-electron chi connectivity index (χ0n) is 16.0. The highest BCUT2D eigenvalue weighted by Crippen LogP contribution is 2.37. The van der Waals surface area contributed by atoms with Crippen molar-refractivity contribution in [3.05, 3.63) is 70.7 Å². The summed E-state index contributed by atoms with van der Waals surface area (Å²) in [7, 11) is 2.14. The molecule has 1 unspecified atom stereocenters. The smallest absolute Gasteiger partial charge is 0.136 e. The molecule has 1 aliphatic rings. The number of piperazine rings is 1. The van der Waals surface area contributed by atoms with Crippen LogP contribution in [-0.2, 0) is 5.41 Å². The lowest BCUT2D eigenvalue weighted by molar-refractivity contribution is 0.220. The minimum absolute atomic E-state index is 0.675. The zero-order valence-corrected chi connectivity index (χ0v) is 18.4. The number of likely N-dealkylation sites (N-methyl/N-ethyl adjacent to an activating group) is 1. The molecule has 1 aliphatic heterocycles. The topological polar surface area (TPSA) is 30.3 Å². The number of rotatable bonds is 5. The Labute approximate surface area is 182 Å². The monoisotopic (exact) mass is 429 g/mol. The molecule has 0 aliphatic carbocycles. The number of thiocarbonyl (C=S) groups is 1. The first-order valence-corrected chi connectivity index (χ1v) is 11.2. The summed E-state index contributed by atoms with van der Waals surface area (Å²) in [5.41, 5.74) is 1.26. The normalized spacial score (nSPS) is 17.0. The Hall–Kier alpha value is -1.58. The van der Waals surface area contributed by atoms with Crippen LogP contribution in [-0.4, -0.2) is 53.1 Å². The van der Waals surface area contributed by atoms with Gasteiger partial charge in [-0.3, -0.25) is 0 Å². The molecule has 6 heteroatoms. The number of hydrogen-bond acceptors (Lipinski definition) is 4. The van der Waals surface area contributed by atoms with E-state index in [0.29, 0.717) is 11.4 Å². The van der Waals surface area contributed by atoms with Gasteiger partial charge >= 0.3 is 0 Å². The number of thioether (sulfide) groups is 1. The van der Waals surface area contributed by atoms with Crippen molar-refractivity contribution >= 4 is 39.9 Å². The van der Waals surface area contributed by atoms with Gasteiger partial charge in [0.1, 0.15) is 9.74 Å². The molecule has 1 fully saturated rings. The van der Waals surface area contributed by atoms with E-state index in [9.17, 15) is 5.26 Å². The Kier molecular flexibility index (Phi) is 7.36. The molecule has 0 aromatic heterocycles. The van der Waals surface area contributed by atoms with Gasteiger partial charge in [-0.1, -0.05) is 78.0 Å². The Bertz CT molecular complexity index is 827. The average Bonchev–Trinajstić information content (AvgIpc) is 2.73. The second-order valence-electron chi connectivity index (χ2n) is 7.04. The first-order valence-electron chi connectivity index (χ1n) is 9.38. The van der Waals surface area contributed by atoms with E-state index >= 15 is 0 Å². The highest BCUT2D eigenvalue weighted by Gasteiger charge is 2.34. The van der Waals surface area contributed by atoms with Gasteiger partial charge in [-0.15, -0.1) is 0 Å². The van der Waals surface area contributed by atoms with Gasteiger partial charge in [-0.25, -0.2) is 0 Å². The molecule has 0 amide bonds. The van der Waals surface area contributed by atoms with E-state index in [2.05, 4.69) is 22.9 Å². The van der Waals surface area contributed by atoms with Gasteiger partial charge in [0, 0.05) is 37.0 Å². The maximum absolute atomic E-state index is 10.3. The van der Waals surface area contributed by atoms with Gasteiger partial charge in [0.25, 0.3) is 0 Å². The Morgan fingerprint density at radius 3 is 2.29 bits per heavy atom. The second-order valence-corrected chi connectivity index (χ2v) is 9.21. The lowest BCUT2D eigenvalue weighted by Gasteiger charge is -2.34. The quantitative estimate of drug-likeness (QED) is 0.636. The number of benzene rings is 2. The molecule has 1 atom stereocenters. The molecule has 3 rings (SSSR count). The number of nitriles is 1. The fourth-order valence-electron chi connectivity index (χ4n) is 3.47. The molecule has 0 spiro atoms. The van der Waals surface area contributed by atoms with Gasteiger partial charge in [0.2, 0.25) is 0 Å². The van der Waals surface area contributed by atoms with E-state index in [4.69, 9.17) is 23.8 Å². The van der Waals surface area contributed by atoms with E-state index in [1.807, 2.05) is 54.6 Å². The van der Waals surface area contributed by atoms with Crippen molar-refractivity contribution in [1.29, 1.82) is 5.26 Å². The van der Waals surface area contributed by atoms with E-state index in [1.165, 1.54) is 0 Å². The van der Waals surface area contributed by atoms with E-state index in [-0.39, 0.29) is 0 Å². The van der Waals surface area contributed by atoms with Crippen LogP contribution in [0.25, 0.3) is 0 Å². The van der Waals surface area contributed by atoms with Crippen molar-refractivity contribution in [2.45, 2.75) is 11.8 Å². The molecule has 0 bridgehead atoms. The van der Waals surface area contributed by atoms with E-state index < -0.39 is 5.41 Å². The third kappa shape index (κ3) is 4.87. The maximum Gasteiger partial charge on any atom is 0.136 e. The van der Waals surface area contributed by atoms with Crippen molar-refractivity contribution in [2.24, 2.45) is 0 Å². The summed E-state index contributed by atoms with van der Waals surface area (Å²) in [4.78, 5) is 4.60. The largest absolute Gasteiger partial charge is 0.355 e. The van der Waals surface area contributed by atoms with Crippen molar-refractivity contribution in [2.75, 3.05) is 39.0 Å². The summed E-state index contributed by atoms with van der Waals surface area (Å²) in [5.74, 6) is 0.788. The van der Waals surface area contributed by atoms with Crippen molar-refractivity contribution in [3.8, 4) is 6.07 Å². The predicted octanol–water partition coefficient (Wildman–Crippen LogP) is 4.81. The highest BCUT2D eigenvalue weighted by molar-refractivity contribution is 8.22. The molecule has 28 heavy (non-hydrogen) atoms. The summed E-state index contributed by atoms with van der Waals surface area (Å²) < 4.78 is 0.934. The van der Waals surface area contributed by atoms with Gasteiger partial charge in [-0.05, 0) is 36.7 Å². The van der Waals surface area contributed by atoms with Crippen LogP contribution in [0.1, 0.15) is 17.5 Å². The van der Waals surface area contributed by atoms with Gasteiger partial charge in [0.15, 0.2) is 0 Å². The van der Waals surface area contributed by atoms with Gasteiger partial charge in [0.05, 0.1) is 6.07 Å². The first kappa shape index (κ1) is 21.1. The molecule has 0 radical (unpaired) electrons. The van der Waals surface area contributed by atoms with Gasteiger partial charge in [-0.2, -0.15) is 5.26 Å². The molecule has 1 heterocycles. The molecule has 3 nitrogen and oxygen atoms in total. The highest BCUT2D eigenvalue weighted by atomic mass is 35.5. The summed E-state index contributed by atoms with van der Waals surface area (Å²) in [5, 5.41) is 10.9. The lowest BCUT2D eigenvalue weighted by Crippen LogP contribution is -2.45. The van der Waals surface area contributed by atoms with Crippen LogP contribution in [0.15, 0.2) is 54.6 Å². The molecular weight excluding hydrogens is 406 g/mol. The van der Waals surface area contributed by atoms with E-state index in [0.717, 1.165) is 47.4 Å². The molecule has 0 N–H and O–H groups in total. The minimum atomic E-state index is -0.712. The zero-order chi connectivity index (χ0) is 20.0. The fourth-order valence-corrected chi connectivity index (χ4v) is 4.98. The maximum atomic E-state index is 10.3. The number of hydrogen-bond donors (Lipinski definition) is 0. The lowest BCUT2D eigenvalue weighted by atomic mass is 9.74. The predicted molar refractivity (Wildman–Crippen MR) is 123 cm³/mol.